The van der Waals surface area contributed by atoms with Gasteiger partial charge in [0, 0.05) is 12.4 Å². The molecule has 0 aliphatic heterocycles. The predicted molar refractivity (Wildman–Crippen MR) is 87.4 cm³/mol. The highest BCUT2D eigenvalue weighted by Crippen LogP contribution is 2.06. The summed E-state index contributed by atoms with van der Waals surface area (Å²) in [6.45, 7) is 1.37. The largest absolute Gasteiger partial charge is 0.346 e. The number of carbonyl (C=O) groups excluding carboxylic acids is 1. The van der Waals surface area contributed by atoms with Gasteiger partial charge in [-0.2, -0.15) is 0 Å². The maximum absolute atomic E-state index is 12.4. The molecule has 1 aromatic carbocycles. The van der Waals surface area contributed by atoms with Crippen LogP contribution in [0.4, 0.5) is 0 Å². The van der Waals surface area contributed by atoms with Crippen LogP contribution in [0.1, 0.15) is 18.7 Å². The minimum absolute atomic E-state index is 0.354. The van der Waals surface area contributed by atoms with Crippen LogP contribution in [0.2, 0.25) is 0 Å². The highest BCUT2D eigenvalue weighted by Gasteiger charge is 2.14. The molecule has 0 saturated heterocycles. The summed E-state index contributed by atoms with van der Waals surface area (Å²) in [5.41, 5.74) is -0.0969. The highest BCUT2D eigenvalue weighted by atomic mass is 16.2. The molecular weight excluding hydrogens is 310 g/mol. The van der Waals surface area contributed by atoms with Crippen molar-refractivity contribution in [2.75, 3.05) is 0 Å². The minimum Gasteiger partial charge on any atom is -0.346 e. The zero-order valence-electron chi connectivity index (χ0n) is 12.9. The van der Waals surface area contributed by atoms with Crippen molar-refractivity contribution in [2.45, 2.75) is 19.5 Å². The summed E-state index contributed by atoms with van der Waals surface area (Å²) >= 11 is 0. The van der Waals surface area contributed by atoms with Gasteiger partial charge in [0.25, 0.3) is 5.56 Å². The second kappa shape index (κ2) is 6.45. The van der Waals surface area contributed by atoms with Crippen molar-refractivity contribution < 1.29 is 4.79 Å². The fraction of sp³-hybridized carbons (Fsp3) is 0.188. The molecule has 8 nitrogen and oxygen atoms in total. The van der Waals surface area contributed by atoms with Gasteiger partial charge in [-0.3, -0.25) is 24.1 Å². The Kier molecular flexibility index (Phi) is 4.19. The molecule has 0 bridgehead atoms. The number of hydrogen-bond acceptors (Lipinski definition) is 5. The Hall–Kier alpha value is -3.29. The van der Waals surface area contributed by atoms with Crippen LogP contribution in [0.5, 0.6) is 0 Å². The molecule has 3 rings (SSSR count). The quantitative estimate of drug-likeness (QED) is 0.719. The van der Waals surface area contributed by atoms with Gasteiger partial charge < -0.3 is 10.3 Å². The number of aromatic amines is 1. The van der Waals surface area contributed by atoms with Crippen LogP contribution in [0.3, 0.4) is 0 Å². The molecule has 1 unspecified atom stereocenters. The van der Waals surface area contributed by atoms with Crippen LogP contribution in [0, 0.1) is 0 Å². The van der Waals surface area contributed by atoms with Crippen molar-refractivity contribution in [1.29, 1.82) is 0 Å². The van der Waals surface area contributed by atoms with E-state index in [0.29, 0.717) is 16.6 Å². The van der Waals surface area contributed by atoms with Crippen molar-refractivity contribution in [3.8, 4) is 0 Å². The molecule has 2 N–H and O–H groups in total. The molecule has 2 aromatic heterocycles. The van der Waals surface area contributed by atoms with E-state index in [1.54, 1.807) is 37.4 Å². The Morgan fingerprint density at radius 3 is 2.83 bits per heavy atom. The summed E-state index contributed by atoms with van der Waals surface area (Å²) in [5, 5.41) is 3.05. The van der Waals surface area contributed by atoms with E-state index in [2.05, 4.69) is 20.3 Å². The first-order chi connectivity index (χ1) is 11.6. The third kappa shape index (κ3) is 3.07. The number of nitrogens with zero attached hydrogens (tertiary/aromatic N) is 3. The summed E-state index contributed by atoms with van der Waals surface area (Å²) in [4.78, 5) is 47.2. The summed E-state index contributed by atoms with van der Waals surface area (Å²) < 4.78 is 0.876. The lowest BCUT2D eigenvalue weighted by Gasteiger charge is -2.13. The molecule has 1 amide bonds. The smallest absolute Gasteiger partial charge is 0.329 e. The summed E-state index contributed by atoms with van der Waals surface area (Å²) in [6, 6.07) is 6.27. The van der Waals surface area contributed by atoms with E-state index in [0.717, 1.165) is 4.57 Å². The molecule has 0 spiro atoms. The van der Waals surface area contributed by atoms with Gasteiger partial charge in [0.05, 0.1) is 28.8 Å². The number of para-hydroxylation sites is 1. The third-order valence-electron chi connectivity index (χ3n) is 3.60. The number of hydrogen-bond donors (Lipinski definition) is 2. The summed E-state index contributed by atoms with van der Waals surface area (Å²) in [7, 11) is 0. The lowest BCUT2D eigenvalue weighted by molar-refractivity contribution is -0.122. The normalized spacial score (nSPS) is 12.0. The molecule has 122 valence electrons. The number of benzene rings is 1. The Morgan fingerprint density at radius 1 is 1.29 bits per heavy atom. The van der Waals surface area contributed by atoms with Crippen LogP contribution in [-0.4, -0.2) is 25.4 Å². The standard InChI is InChI=1S/C16H15N5O3/c1-10(13-8-17-6-7-18-13)19-14(22)9-21-15(23)11-4-2-3-5-12(11)20-16(21)24/h2-8,10H,9H2,1H3,(H,19,22)(H,20,24). The zero-order chi connectivity index (χ0) is 17.1. The van der Waals surface area contributed by atoms with Crippen LogP contribution in [-0.2, 0) is 11.3 Å². The number of aromatic nitrogens is 4. The monoisotopic (exact) mass is 325 g/mol. The number of amides is 1. The lowest BCUT2D eigenvalue weighted by Crippen LogP contribution is -2.41. The van der Waals surface area contributed by atoms with Crippen LogP contribution in [0.25, 0.3) is 10.9 Å². The van der Waals surface area contributed by atoms with E-state index < -0.39 is 17.2 Å². The van der Waals surface area contributed by atoms with Crippen LogP contribution < -0.4 is 16.6 Å². The zero-order valence-corrected chi connectivity index (χ0v) is 12.9. The maximum atomic E-state index is 12.4. The van der Waals surface area contributed by atoms with Crippen LogP contribution >= 0.6 is 0 Å². The first-order valence-corrected chi connectivity index (χ1v) is 7.33. The topological polar surface area (TPSA) is 110 Å². The van der Waals surface area contributed by atoms with Gasteiger partial charge in [0.15, 0.2) is 0 Å². The Bertz CT molecular complexity index is 994. The lowest BCUT2D eigenvalue weighted by atomic mass is 10.2. The first kappa shape index (κ1) is 15.6. The summed E-state index contributed by atoms with van der Waals surface area (Å²) in [6.07, 6.45) is 4.60. The van der Waals surface area contributed by atoms with Crippen molar-refractivity contribution >= 4 is 16.8 Å². The third-order valence-corrected chi connectivity index (χ3v) is 3.60. The van der Waals surface area contributed by atoms with Gasteiger partial charge >= 0.3 is 5.69 Å². The molecule has 0 aliphatic carbocycles. The van der Waals surface area contributed by atoms with Gasteiger partial charge in [-0.15, -0.1) is 0 Å². The first-order valence-electron chi connectivity index (χ1n) is 7.33. The van der Waals surface area contributed by atoms with Crippen molar-refractivity contribution in [3.05, 3.63) is 69.4 Å². The number of carbonyl (C=O) groups is 1. The number of rotatable bonds is 4. The summed E-state index contributed by atoms with van der Waals surface area (Å²) in [5.74, 6) is -0.462. The number of H-pyrrole nitrogens is 1. The number of nitrogens with one attached hydrogen (secondary N) is 2. The van der Waals surface area contributed by atoms with E-state index in [1.807, 2.05) is 0 Å². The molecule has 8 heteroatoms. The highest BCUT2D eigenvalue weighted by molar-refractivity contribution is 5.79. The van der Waals surface area contributed by atoms with Gasteiger partial charge in [-0.1, -0.05) is 12.1 Å². The average Bonchev–Trinajstić information content (AvgIpc) is 2.59. The molecule has 0 aliphatic rings. The molecule has 0 radical (unpaired) electrons. The van der Waals surface area contributed by atoms with Crippen molar-refractivity contribution in [2.24, 2.45) is 0 Å². The molecule has 3 aromatic rings. The Balaban J connectivity index is 1.83. The number of fused-ring (bicyclic) bond motifs is 1. The van der Waals surface area contributed by atoms with Gasteiger partial charge in [0.1, 0.15) is 6.54 Å². The van der Waals surface area contributed by atoms with E-state index in [1.165, 1.54) is 12.4 Å². The fourth-order valence-electron chi connectivity index (χ4n) is 2.38. The van der Waals surface area contributed by atoms with E-state index in [4.69, 9.17) is 0 Å². The average molecular weight is 325 g/mol. The second-order valence-electron chi connectivity index (χ2n) is 5.29. The van der Waals surface area contributed by atoms with E-state index in [9.17, 15) is 14.4 Å². The van der Waals surface area contributed by atoms with Gasteiger partial charge in [-0.05, 0) is 19.1 Å². The Labute approximate surface area is 136 Å². The van der Waals surface area contributed by atoms with Crippen LogP contribution in [0.15, 0.2) is 52.4 Å². The van der Waals surface area contributed by atoms with Crippen molar-refractivity contribution in [3.63, 3.8) is 0 Å². The molecule has 24 heavy (non-hydrogen) atoms. The second-order valence-corrected chi connectivity index (χ2v) is 5.29. The molecular formula is C16H15N5O3. The fourth-order valence-corrected chi connectivity index (χ4v) is 2.38. The molecule has 0 fully saturated rings. The maximum Gasteiger partial charge on any atom is 0.329 e. The van der Waals surface area contributed by atoms with Gasteiger partial charge in [0.2, 0.25) is 5.91 Å². The SMILES string of the molecule is CC(NC(=O)Cn1c(=O)[nH]c2ccccc2c1=O)c1cnccn1. The molecule has 1 atom stereocenters. The van der Waals surface area contributed by atoms with Gasteiger partial charge in [-0.25, -0.2) is 4.79 Å². The van der Waals surface area contributed by atoms with E-state index in [-0.39, 0.29) is 12.6 Å². The minimum atomic E-state index is -0.624. The predicted octanol–water partition coefficient (Wildman–Crippen LogP) is 0.357. The van der Waals surface area contributed by atoms with E-state index >= 15 is 0 Å². The molecule has 2 heterocycles. The Morgan fingerprint density at radius 2 is 2.08 bits per heavy atom. The molecule has 0 saturated carbocycles. The van der Waals surface area contributed by atoms with Crippen molar-refractivity contribution in [1.82, 2.24) is 24.8 Å².